The molecule has 0 bridgehead atoms. The lowest BCUT2D eigenvalue weighted by Crippen LogP contribution is -2.49. The lowest BCUT2D eigenvalue weighted by Gasteiger charge is -2.40. The van der Waals surface area contributed by atoms with Gasteiger partial charge in [0.05, 0.1) is 11.1 Å². The third kappa shape index (κ3) is 2.81. The van der Waals surface area contributed by atoms with Crippen molar-refractivity contribution < 1.29 is 4.79 Å². The Kier molecular flexibility index (Phi) is 3.94. The molecule has 5 heteroatoms. The lowest BCUT2D eigenvalue weighted by atomic mass is 9.77. The molecule has 2 heterocycles. The number of hydrogen-bond donors (Lipinski definition) is 1. The van der Waals surface area contributed by atoms with Crippen LogP contribution in [0.15, 0.2) is 6.20 Å². The molecule has 0 radical (unpaired) electrons. The van der Waals surface area contributed by atoms with Crippen molar-refractivity contribution in [2.75, 3.05) is 13.1 Å². The standard InChI is InChI=1S/C14H24N4O/c1-4-14(13(15)19)6-5-7-18(10-14)9-12-8-17(3)16-11(12)2/h8H,4-7,9-10H2,1-3H3,(H2,15,19). The Morgan fingerprint density at radius 1 is 1.58 bits per heavy atom. The van der Waals surface area contributed by atoms with Crippen LogP contribution in [0, 0.1) is 12.3 Å². The van der Waals surface area contributed by atoms with E-state index in [1.807, 2.05) is 18.7 Å². The zero-order valence-corrected chi connectivity index (χ0v) is 12.1. The van der Waals surface area contributed by atoms with Gasteiger partial charge in [-0.2, -0.15) is 5.10 Å². The number of hydrogen-bond acceptors (Lipinski definition) is 3. The highest BCUT2D eigenvalue weighted by atomic mass is 16.1. The molecule has 2 N–H and O–H groups in total. The average molecular weight is 264 g/mol. The van der Waals surface area contributed by atoms with E-state index in [4.69, 9.17) is 5.73 Å². The fourth-order valence-corrected chi connectivity index (χ4v) is 3.07. The molecule has 1 aliphatic heterocycles. The Morgan fingerprint density at radius 2 is 2.32 bits per heavy atom. The summed E-state index contributed by atoms with van der Waals surface area (Å²) in [5.74, 6) is -0.150. The highest BCUT2D eigenvalue weighted by Crippen LogP contribution is 2.33. The van der Waals surface area contributed by atoms with Crippen molar-refractivity contribution in [3.05, 3.63) is 17.5 Å². The van der Waals surface area contributed by atoms with Crippen molar-refractivity contribution in [2.24, 2.45) is 18.2 Å². The number of nitrogens with two attached hydrogens (primary N) is 1. The Morgan fingerprint density at radius 3 is 2.84 bits per heavy atom. The second-order valence-corrected chi connectivity index (χ2v) is 5.73. The number of piperidine rings is 1. The molecule has 0 aromatic carbocycles. The van der Waals surface area contributed by atoms with Gasteiger partial charge in [-0.15, -0.1) is 0 Å². The fourth-order valence-electron chi connectivity index (χ4n) is 3.07. The Labute approximate surface area is 114 Å². The predicted molar refractivity (Wildman–Crippen MR) is 74.4 cm³/mol. The van der Waals surface area contributed by atoms with Gasteiger partial charge in [-0.1, -0.05) is 6.92 Å². The summed E-state index contributed by atoms with van der Waals surface area (Å²) in [4.78, 5) is 14.1. The average Bonchev–Trinajstić information content (AvgIpc) is 2.67. The van der Waals surface area contributed by atoms with Crippen LogP contribution in [0.2, 0.25) is 0 Å². The number of aromatic nitrogens is 2. The second kappa shape index (κ2) is 5.33. The van der Waals surface area contributed by atoms with Crippen LogP contribution in [0.4, 0.5) is 0 Å². The minimum Gasteiger partial charge on any atom is -0.369 e. The molecule has 0 saturated carbocycles. The number of carbonyl (C=O) groups is 1. The monoisotopic (exact) mass is 264 g/mol. The van der Waals surface area contributed by atoms with Crippen LogP contribution in [0.25, 0.3) is 0 Å². The molecule has 0 spiro atoms. The van der Waals surface area contributed by atoms with Crippen molar-refractivity contribution in [2.45, 2.75) is 39.7 Å². The lowest BCUT2D eigenvalue weighted by molar-refractivity contribution is -0.131. The Hall–Kier alpha value is -1.36. The van der Waals surface area contributed by atoms with E-state index in [-0.39, 0.29) is 11.3 Å². The van der Waals surface area contributed by atoms with E-state index < -0.39 is 0 Å². The number of carbonyl (C=O) groups excluding carboxylic acids is 1. The van der Waals surface area contributed by atoms with Crippen molar-refractivity contribution in [3.8, 4) is 0 Å². The molecule has 1 unspecified atom stereocenters. The Bertz CT molecular complexity index is 468. The maximum absolute atomic E-state index is 11.8. The van der Waals surface area contributed by atoms with E-state index in [0.717, 1.165) is 44.6 Å². The summed E-state index contributed by atoms with van der Waals surface area (Å²) in [6, 6.07) is 0. The van der Waals surface area contributed by atoms with Crippen LogP contribution in [-0.4, -0.2) is 33.7 Å². The molecule has 1 aromatic rings. The summed E-state index contributed by atoms with van der Waals surface area (Å²) in [6.45, 7) is 6.75. The van der Waals surface area contributed by atoms with E-state index >= 15 is 0 Å². The Balaban J connectivity index is 2.09. The zero-order valence-electron chi connectivity index (χ0n) is 12.1. The van der Waals surface area contributed by atoms with Gasteiger partial charge in [0.2, 0.25) is 5.91 Å². The minimum absolute atomic E-state index is 0.150. The van der Waals surface area contributed by atoms with Gasteiger partial charge in [-0.3, -0.25) is 14.4 Å². The smallest absolute Gasteiger partial charge is 0.224 e. The first-order valence-corrected chi connectivity index (χ1v) is 6.98. The zero-order chi connectivity index (χ0) is 14.0. The maximum Gasteiger partial charge on any atom is 0.224 e. The van der Waals surface area contributed by atoms with Crippen LogP contribution in [0.5, 0.6) is 0 Å². The van der Waals surface area contributed by atoms with Gasteiger partial charge < -0.3 is 5.73 Å². The van der Waals surface area contributed by atoms with Gasteiger partial charge in [0.15, 0.2) is 0 Å². The molecule has 1 atom stereocenters. The normalized spacial score (nSPS) is 24.6. The van der Waals surface area contributed by atoms with E-state index in [9.17, 15) is 4.79 Å². The number of rotatable bonds is 4. The number of primary amides is 1. The van der Waals surface area contributed by atoms with Gasteiger partial charge in [-0.25, -0.2) is 0 Å². The van der Waals surface area contributed by atoms with Crippen LogP contribution in [0.1, 0.15) is 37.4 Å². The highest BCUT2D eigenvalue weighted by molar-refractivity contribution is 5.81. The van der Waals surface area contributed by atoms with E-state index in [1.165, 1.54) is 5.56 Å². The topological polar surface area (TPSA) is 64.2 Å². The molecule has 1 amide bonds. The van der Waals surface area contributed by atoms with Crippen LogP contribution in [-0.2, 0) is 18.4 Å². The largest absolute Gasteiger partial charge is 0.369 e. The third-order valence-electron chi connectivity index (χ3n) is 4.36. The summed E-state index contributed by atoms with van der Waals surface area (Å²) in [6.07, 6.45) is 4.84. The number of likely N-dealkylation sites (tertiary alicyclic amines) is 1. The minimum atomic E-state index is -0.339. The second-order valence-electron chi connectivity index (χ2n) is 5.73. The SMILES string of the molecule is CCC1(C(N)=O)CCCN(Cc2cn(C)nc2C)C1. The van der Waals surface area contributed by atoms with Crippen molar-refractivity contribution in [1.82, 2.24) is 14.7 Å². The first kappa shape index (κ1) is 14.1. The van der Waals surface area contributed by atoms with Crippen molar-refractivity contribution in [3.63, 3.8) is 0 Å². The molecular weight excluding hydrogens is 240 g/mol. The molecule has 1 saturated heterocycles. The van der Waals surface area contributed by atoms with Crippen LogP contribution in [0.3, 0.4) is 0 Å². The van der Waals surface area contributed by atoms with Crippen molar-refractivity contribution >= 4 is 5.91 Å². The third-order valence-corrected chi connectivity index (χ3v) is 4.36. The highest BCUT2D eigenvalue weighted by Gasteiger charge is 2.39. The summed E-state index contributed by atoms with van der Waals surface area (Å²) < 4.78 is 1.84. The number of aryl methyl sites for hydroxylation is 2. The van der Waals surface area contributed by atoms with Crippen LogP contribution < -0.4 is 5.73 Å². The molecule has 106 valence electrons. The molecule has 1 aliphatic rings. The van der Waals surface area contributed by atoms with Gasteiger partial charge in [-0.05, 0) is 32.7 Å². The molecule has 1 aromatic heterocycles. The summed E-state index contributed by atoms with van der Waals surface area (Å²) >= 11 is 0. The first-order chi connectivity index (χ1) is 8.97. The van der Waals surface area contributed by atoms with Crippen LogP contribution >= 0.6 is 0 Å². The predicted octanol–water partition coefficient (Wildman–Crippen LogP) is 1.21. The molecular formula is C14H24N4O. The first-order valence-electron chi connectivity index (χ1n) is 6.98. The molecule has 1 fully saturated rings. The van der Waals surface area contributed by atoms with E-state index in [0.29, 0.717) is 0 Å². The maximum atomic E-state index is 11.8. The molecule has 2 rings (SSSR count). The van der Waals surface area contributed by atoms with Gasteiger partial charge in [0.1, 0.15) is 0 Å². The molecule has 19 heavy (non-hydrogen) atoms. The number of amides is 1. The van der Waals surface area contributed by atoms with Gasteiger partial charge in [0.25, 0.3) is 0 Å². The number of nitrogens with zero attached hydrogens (tertiary/aromatic N) is 3. The molecule has 5 nitrogen and oxygen atoms in total. The fraction of sp³-hybridized carbons (Fsp3) is 0.714. The summed E-state index contributed by atoms with van der Waals surface area (Å²) in [5, 5.41) is 4.37. The van der Waals surface area contributed by atoms with Crippen molar-refractivity contribution in [1.29, 1.82) is 0 Å². The quantitative estimate of drug-likeness (QED) is 0.889. The summed E-state index contributed by atoms with van der Waals surface area (Å²) in [5.41, 5.74) is 7.58. The summed E-state index contributed by atoms with van der Waals surface area (Å²) in [7, 11) is 1.94. The van der Waals surface area contributed by atoms with Gasteiger partial charge in [0, 0.05) is 31.9 Å². The van der Waals surface area contributed by atoms with E-state index in [1.54, 1.807) is 0 Å². The van der Waals surface area contributed by atoms with Gasteiger partial charge >= 0.3 is 0 Å². The molecule has 0 aliphatic carbocycles. The van der Waals surface area contributed by atoms with E-state index in [2.05, 4.69) is 23.1 Å².